The van der Waals surface area contributed by atoms with Crippen molar-refractivity contribution < 1.29 is 9.21 Å². The lowest BCUT2D eigenvalue weighted by Crippen LogP contribution is -2.40. The summed E-state index contributed by atoms with van der Waals surface area (Å²) in [6.07, 6.45) is 5.17. The van der Waals surface area contributed by atoms with Crippen molar-refractivity contribution in [1.29, 1.82) is 0 Å². The lowest BCUT2D eigenvalue weighted by molar-refractivity contribution is -0.131. The van der Waals surface area contributed by atoms with Gasteiger partial charge in [-0.15, -0.1) is 0 Å². The SMILES string of the molecule is O=C(CCc1ccco1)N1CCCC(Br)C1. The molecule has 1 aromatic rings. The Balaban J connectivity index is 1.79. The van der Waals surface area contributed by atoms with E-state index in [9.17, 15) is 4.79 Å². The zero-order valence-electron chi connectivity index (χ0n) is 9.19. The maximum atomic E-state index is 11.9. The average Bonchev–Trinajstić information content (AvgIpc) is 2.78. The van der Waals surface area contributed by atoms with Crippen LogP contribution in [0, 0.1) is 0 Å². The number of nitrogens with zero attached hydrogens (tertiary/aromatic N) is 1. The fourth-order valence-corrected chi connectivity index (χ4v) is 2.67. The third kappa shape index (κ3) is 3.11. The fraction of sp³-hybridized carbons (Fsp3) is 0.583. The van der Waals surface area contributed by atoms with Gasteiger partial charge >= 0.3 is 0 Å². The van der Waals surface area contributed by atoms with Crippen molar-refractivity contribution in [3.63, 3.8) is 0 Å². The highest BCUT2D eigenvalue weighted by atomic mass is 79.9. The van der Waals surface area contributed by atoms with Crippen molar-refractivity contribution >= 4 is 21.8 Å². The Hall–Kier alpha value is -0.770. The molecule has 16 heavy (non-hydrogen) atoms. The monoisotopic (exact) mass is 285 g/mol. The number of piperidine rings is 1. The Morgan fingerprint density at radius 1 is 1.62 bits per heavy atom. The minimum absolute atomic E-state index is 0.237. The van der Waals surface area contributed by atoms with Crippen molar-refractivity contribution in [3.05, 3.63) is 24.2 Å². The zero-order valence-corrected chi connectivity index (χ0v) is 10.8. The maximum Gasteiger partial charge on any atom is 0.223 e. The second-order valence-electron chi connectivity index (χ2n) is 4.16. The number of halogens is 1. The molecule has 1 aliphatic rings. The first-order valence-electron chi connectivity index (χ1n) is 5.70. The number of carbonyl (C=O) groups is 1. The lowest BCUT2D eigenvalue weighted by Gasteiger charge is -2.30. The van der Waals surface area contributed by atoms with Gasteiger partial charge in [0, 0.05) is 30.8 Å². The van der Waals surface area contributed by atoms with Crippen LogP contribution in [0.4, 0.5) is 0 Å². The Morgan fingerprint density at radius 3 is 3.19 bits per heavy atom. The summed E-state index contributed by atoms with van der Waals surface area (Å²) in [5.74, 6) is 1.13. The van der Waals surface area contributed by atoms with Gasteiger partial charge in [0.25, 0.3) is 0 Å². The Morgan fingerprint density at radius 2 is 2.50 bits per heavy atom. The molecular weight excluding hydrogens is 270 g/mol. The van der Waals surface area contributed by atoms with Crippen LogP contribution < -0.4 is 0 Å². The van der Waals surface area contributed by atoms with Crippen LogP contribution in [-0.2, 0) is 11.2 Å². The molecule has 0 radical (unpaired) electrons. The predicted molar refractivity (Wildman–Crippen MR) is 65.6 cm³/mol. The lowest BCUT2D eigenvalue weighted by atomic mass is 10.1. The Labute approximate surface area is 104 Å². The summed E-state index contributed by atoms with van der Waals surface area (Å²) >= 11 is 3.57. The van der Waals surface area contributed by atoms with Crippen molar-refractivity contribution in [2.45, 2.75) is 30.5 Å². The van der Waals surface area contributed by atoms with E-state index in [1.54, 1.807) is 6.26 Å². The predicted octanol–water partition coefficient (Wildman–Crippen LogP) is 2.60. The molecule has 0 saturated carbocycles. The molecule has 1 amide bonds. The Kier molecular flexibility index (Phi) is 4.04. The van der Waals surface area contributed by atoms with Crippen LogP contribution in [0.5, 0.6) is 0 Å². The molecule has 1 aliphatic heterocycles. The normalized spacial score (nSPS) is 21.1. The van der Waals surface area contributed by atoms with Crippen LogP contribution in [0.2, 0.25) is 0 Å². The first-order valence-corrected chi connectivity index (χ1v) is 6.61. The van der Waals surface area contributed by atoms with E-state index < -0.39 is 0 Å². The van der Waals surface area contributed by atoms with E-state index in [1.807, 2.05) is 17.0 Å². The summed E-state index contributed by atoms with van der Waals surface area (Å²) in [6, 6.07) is 3.77. The summed E-state index contributed by atoms with van der Waals surface area (Å²) in [6.45, 7) is 1.75. The van der Waals surface area contributed by atoms with Crippen LogP contribution in [0.15, 0.2) is 22.8 Å². The third-order valence-electron chi connectivity index (χ3n) is 2.88. The minimum atomic E-state index is 0.237. The van der Waals surface area contributed by atoms with Gasteiger partial charge in [0.1, 0.15) is 5.76 Å². The second-order valence-corrected chi connectivity index (χ2v) is 5.45. The molecule has 1 saturated heterocycles. The standard InChI is InChI=1S/C12H16BrNO2/c13-10-3-1-7-14(9-10)12(15)6-5-11-4-2-8-16-11/h2,4,8,10H,1,3,5-7,9H2. The van der Waals surface area contributed by atoms with E-state index in [2.05, 4.69) is 15.9 Å². The second kappa shape index (κ2) is 5.53. The molecular formula is C12H16BrNO2. The number of rotatable bonds is 3. The van der Waals surface area contributed by atoms with E-state index in [1.165, 1.54) is 6.42 Å². The number of furan rings is 1. The number of alkyl halides is 1. The van der Waals surface area contributed by atoms with Crippen molar-refractivity contribution in [3.8, 4) is 0 Å². The van der Waals surface area contributed by atoms with Gasteiger partial charge in [0.05, 0.1) is 6.26 Å². The van der Waals surface area contributed by atoms with E-state index in [0.29, 0.717) is 17.7 Å². The Bertz CT molecular complexity index is 337. The number of hydrogen-bond acceptors (Lipinski definition) is 2. The zero-order chi connectivity index (χ0) is 11.4. The number of hydrogen-bond donors (Lipinski definition) is 0. The van der Waals surface area contributed by atoms with Gasteiger partial charge in [0.2, 0.25) is 5.91 Å². The highest BCUT2D eigenvalue weighted by Crippen LogP contribution is 2.17. The van der Waals surface area contributed by atoms with E-state index >= 15 is 0 Å². The molecule has 0 aliphatic carbocycles. The molecule has 2 heterocycles. The van der Waals surface area contributed by atoms with E-state index in [0.717, 1.165) is 25.3 Å². The quantitative estimate of drug-likeness (QED) is 0.800. The number of likely N-dealkylation sites (tertiary alicyclic amines) is 1. The molecule has 2 rings (SSSR count). The van der Waals surface area contributed by atoms with Crippen molar-refractivity contribution in [1.82, 2.24) is 4.90 Å². The van der Waals surface area contributed by atoms with Crippen LogP contribution in [0.25, 0.3) is 0 Å². The third-order valence-corrected chi connectivity index (χ3v) is 3.63. The van der Waals surface area contributed by atoms with Gasteiger partial charge in [-0.2, -0.15) is 0 Å². The van der Waals surface area contributed by atoms with Gasteiger partial charge in [-0.1, -0.05) is 15.9 Å². The molecule has 0 N–H and O–H groups in total. The fourth-order valence-electron chi connectivity index (χ4n) is 1.99. The summed E-state index contributed by atoms with van der Waals surface area (Å²) in [5, 5.41) is 0. The van der Waals surface area contributed by atoms with Crippen LogP contribution in [-0.4, -0.2) is 28.7 Å². The smallest absolute Gasteiger partial charge is 0.223 e. The molecule has 1 fully saturated rings. The van der Waals surface area contributed by atoms with Crippen molar-refractivity contribution in [2.75, 3.05) is 13.1 Å². The van der Waals surface area contributed by atoms with Gasteiger partial charge < -0.3 is 9.32 Å². The van der Waals surface area contributed by atoms with E-state index in [-0.39, 0.29) is 5.91 Å². The maximum absolute atomic E-state index is 11.9. The summed E-state index contributed by atoms with van der Waals surface area (Å²) in [5.41, 5.74) is 0. The highest BCUT2D eigenvalue weighted by Gasteiger charge is 2.21. The molecule has 1 unspecified atom stereocenters. The van der Waals surface area contributed by atoms with Gasteiger partial charge in [-0.05, 0) is 25.0 Å². The minimum Gasteiger partial charge on any atom is -0.469 e. The first-order chi connectivity index (χ1) is 7.75. The summed E-state index contributed by atoms with van der Waals surface area (Å²) in [4.78, 5) is 14.3. The molecule has 88 valence electrons. The molecule has 0 bridgehead atoms. The summed E-state index contributed by atoms with van der Waals surface area (Å²) < 4.78 is 5.21. The molecule has 1 atom stereocenters. The molecule has 3 nitrogen and oxygen atoms in total. The van der Waals surface area contributed by atoms with Crippen LogP contribution in [0.3, 0.4) is 0 Å². The molecule has 1 aromatic heterocycles. The van der Waals surface area contributed by atoms with E-state index in [4.69, 9.17) is 4.42 Å². The topological polar surface area (TPSA) is 33.5 Å². The summed E-state index contributed by atoms with van der Waals surface area (Å²) in [7, 11) is 0. The number of aryl methyl sites for hydroxylation is 1. The number of carbonyl (C=O) groups excluding carboxylic acids is 1. The largest absolute Gasteiger partial charge is 0.469 e. The van der Waals surface area contributed by atoms with Gasteiger partial charge in [0.15, 0.2) is 0 Å². The molecule has 0 spiro atoms. The average molecular weight is 286 g/mol. The number of amides is 1. The first kappa shape index (κ1) is 11.7. The van der Waals surface area contributed by atoms with Crippen molar-refractivity contribution in [2.24, 2.45) is 0 Å². The van der Waals surface area contributed by atoms with Crippen LogP contribution >= 0.6 is 15.9 Å². The van der Waals surface area contributed by atoms with Crippen LogP contribution in [0.1, 0.15) is 25.0 Å². The molecule has 4 heteroatoms. The highest BCUT2D eigenvalue weighted by molar-refractivity contribution is 9.09. The van der Waals surface area contributed by atoms with Gasteiger partial charge in [-0.25, -0.2) is 0 Å². The molecule has 0 aromatic carbocycles. The van der Waals surface area contributed by atoms with Gasteiger partial charge in [-0.3, -0.25) is 4.79 Å².